The highest BCUT2D eigenvalue weighted by molar-refractivity contribution is 5.85. The highest BCUT2D eigenvalue weighted by atomic mass is 19.1. The van der Waals surface area contributed by atoms with Crippen LogP contribution in [0.5, 0.6) is 0 Å². The van der Waals surface area contributed by atoms with Gasteiger partial charge in [0.25, 0.3) is 0 Å². The molecule has 2 aliphatic carbocycles. The normalized spacial score (nSPS) is 26.5. The van der Waals surface area contributed by atoms with Crippen LogP contribution in [0.15, 0.2) is 36.4 Å². The van der Waals surface area contributed by atoms with E-state index in [0.29, 0.717) is 5.39 Å². The molecule has 2 heteroatoms. The maximum absolute atomic E-state index is 15.5. The van der Waals surface area contributed by atoms with Gasteiger partial charge in [-0.1, -0.05) is 63.0 Å². The first-order valence-corrected chi connectivity index (χ1v) is 12.6. The summed E-state index contributed by atoms with van der Waals surface area (Å²) >= 11 is 0. The number of unbranched alkanes of at least 4 members (excludes halogenated alkanes) is 1. The van der Waals surface area contributed by atoms with Crippen LogP contribution in [0.4, 0.5) is 8.78 Å². The minimum atomic E-state index is -0.405. The van der Waals surface area contributed by atoms with Gasteiger partial charge in [0.15, 0.2) is 0 Å². The van der Waals surface area contributed by atoms with Gasteiger partial charge in [-0.3, -0.25) is 0 Å². The van der Waals surface area contributed by atoms with E-state index in [0.717, 1.165) is 54.6 Å². The van der Waals surface area contributed by atoms with Gasteiger partial charge in [0.05, 0.1) is 5.39 Å². The van der Waals surface area contributed by atoms with Gasteiger partial charge in [-0.25, -0.2) is 8.78 Å². The van der Waals surface area contributed by atoms with E-state index in [1.54, 1.807) is 0 Å². The molecule has 0 radical (unpaired) electrons. The van der Waals surface area contributed by atoms with Crippen LogP contribution < -0.4 is 0 Å². The van der Waals surface area contributed by atoms with Crippen molar-refractivity contribution in [3.8, 4) is 0 Å². The summed E-state index contributed by atoms with van der Waals surface area (Å²) in [7, 11) is 0. The fourth-order valence-corrected chi connectivity index (χ4v) is 6.35. The van der Waals surface area contributed by atoms with E-state index < -0.39 is 5.82 Å². The number of rotatable bonds is 7. The Bertz CT molecular complexity index is 913. The standard InChI is InChI=1S/C29H38F2/c1-3-5-7-9-21-17-25-14-15-26(29(31)28(25)27(30)18-21)24-13-12-22-16-20(8-6-4-2)10-11-23(22)19-24/h3,5,14-15,17-18,20,22-24H,4,6-13,16,19H2,1-2H3/b5-3+. The van der Waals surface area contributed by atoms with E-state index in [2.05, 4.69) is 13.0 Å². The fourth-order valence-electron chi connectivity index (χ4n) is 6.35. The van der Waals surface area contributed by atoms with Crippen LogP contribution in [0.3, 0.4) is 0 Å². The molecule has 0 N–H and O–H groups in total. The van der Waals surface area contributed by atoms with Crippen molar-refractivity contribution in [2.75, 3.05) is 0 Å². The Morgan fingerprint density at radius 3 is 2.61 bits per heavy atom. The molecule has 2 aromatic carbocycles. The smallest absolute Gasteiger partial charge is 0.137 e. The lowest BCUT2D eigenvalue weighted by Gasteiger charge is -2.42. The number of hydrogen-bond donors (Lipinski definition) is 0. The largest absolute Gasteiger partial charge is 0.206 e. The number of hydrogen-bond acceptors (Lipinski definition) is 0. The molecule has 4 rings (SSSR count). The Hall–Kier alpha value is -1.70. The van der Waals surface area contributed by atoms with Gasteiger partial charge in [0.2, 0.25) is 0 Å². The van der Waals surface area contributed by atoms with Crippen LogP contribution in [-0.2, 0) is 6.42 Å². The first kappa shape index (κ1) is 22.5. The molecular weight excluding hydrogens is 386 g/mol. The summed E-state index contributed by atoms with van der Waals surface area (Å²) in [4.78, 5) is 0. The van der Waals surface area contributed by atoms with Crippen molar-refractivity contribution in [1.82, 2.24) is 0 Å². The summed E-state index contributed by atoms with van der Waals surface area (Å²) in [5.41, 5.74) is 1.69. The molecule has 0 spiro atoms. The van der Waals surface area contributed by atoms with Crippen molar-refractivity contribution in [2.45, 2.75) is 90.4 Å². The number of fused-ring (bicyclic) bond motifs is 2. The van der Waals surface area contributed by atoms with Crippen LogP contribution in [-0.4, -0.2) is 0 Å². The van der Waals surface area contributed by atoms with Gasteiger partial charge in [-0.05, 0) is 98.1 Å². The predicted octanol–water partition coefficient (Wildman–Crippen LogP) is 9.12. The van der Waals surface area contributed by atoms with Crippen molar-refractivity contribution in [3.63, 3.8) is 0 Å². The van der Waals surface area contributed by atoms with Crippen molar-refractivity contribution >= 4 is 10.8 Å². The third-order valence-electron chi connectivity index (χ3n) is 8.06. The van der Waals surface area contributed by atoms with E-state index in [4.69, 9.17) is 0 Å². The lowest BCUT2D eigenvalue weighted by atomic mass is 9.63. The monoisotopic (exact) mass is 424 g/mol. The van der Waals surface area contributed by atoms with Crippen molar-refractivity contribution in [1.29, 1.82) is 0 Å². The average molecular weight is 425 g/mol. The summed E-state index contributed by atoms with van der Waals surface area (Å²) < 4.78 is 30.4. The van der Waals surface area contributed by atoms with E-state index in [9.17, 15) is 4.39 Å². The molecule has 4 unspecified atom stereocenters. The molecule has 2 saturated carbocycles. The average Bonchev–Trinajstić information content (AvgIpc) is 2.77. The summed E-state index contributed by atoms with van der Waals surface area (Å²) in [6.07, 6.45) is 17.2. The van der Waals surface area contributed by atoms with Gasteiger partial charge in [-0.15, -0.1) is 0 Å². The van der Waals surface area contributed by atoms with Gasteiger partial charge < -0.3 is 0 Å². The third-order valence-corrected chi connectivity index (χ3v) is 8.06. The van der Waals surface area contributed by atoms with Crippen molar-refractivity contribution in [2.24, 2.45) is 17.8 Å². The minimum absolute atomic E-state index is 0.192. The zero-order valence-corrected chi connectivity index (χ0v) is 19.3. The van der Waals surface area contributed by atoms with Gasteiger partial charge >= 0.3 is 0 Å². The van der Waals surface area contributed by atoms with Crippen LogP contribution in [0.25, 0.3) is 10.8 Å². The first-order chi connectivity index (χ1) is 15.1. The SMILES string of the molecule is C/C=C/CCc1cc(F)c2c(F)c(C3CCC4CC(CCCC)CCC4C3)ccc2c1. The Kier molecular flexibility index (Phi) is 7.46. The first-order valence-electron chi connectivity index (χ1n) is 12.6. The fraction of sp³-hybridized carbons (Fsp3) is 0.586. The Balaban J connectivity index is 1.49. The van der Waals surface area contributed by atoms with E-state index >= 15 is 4.39 Å². The molecule has 0 heterocycles. The number of halogens is 2. The molecule has 168 valence electrons. The topological polar surface area (TPSA) is 0 Å². The Morgan fingerprint density at radius 1 is 1.00 bits per heavy atom. The molecule has 0 amide bonds. The zero-order valence-electron chi connectivity index (χ0n) is 19.3. The molecular formula is C29H38F2. The van der Waals surface area contributed by atoms with E-state index in [1.165, 1.54) is 51.0 Å². The molecule has 0 bridgehead atoms. The summed E-state index contributed by atoms with van der Waals surface area (Å²) in [6.45, 7) is 4.27. The van der Waals surface area contributed by atoms with E-state index in [-0.39, 0.29) is 17.1 Å². The van der Waals surface area contributed by atoms with Crippen LogP contribution in [0, 0.1) is 29.4 Å². The van der Waals surface area contributed by atoms with E-state index in [1.807, 2.05) is 31.2 Å². The predicted molar refractivity (Wildman–Crippen MR) is 127 cm³/mol. The molecule has 4 atom stereocenters. The van der Waals surface area contributed by atoms with Crippen LogP contribution in [0.1, 0.15) is 95.1 Å². The second kappa shape index (κ2) is 10.3. The summed E-state index contributed by atoms with van der Waals surface area (Å²) in [6, 6.07) is 7.39. The van der Waals surface area contributed by atoms with Crippen LogP contribution >= 0.6 is 0 Å². The minimum Gasteiger partial charge on any atom is -0.206 e. The van der Waals surface area contributed by atoms with Crippen molar-refractivity contribution < 1.29 is 8.78 Å². The quantitative estimate of drug-likeness (QED) is 0.389. The maximum Gasteiger partial charge on any atom is 0.137 e. The second-order valence-electron chi connectivity index (χ2n) is 10.1. The van der Waals surface area contributed by atoms with Gasteiger partial charge in [0.1, 0.15) is 11.6 Å². The molecule has 0 nitrogen and oxygen atoms in total. The number of benzene rings is 2. The highest BCUT2D eigenvalue weighted by Crippen LogP contribution is 2.49. The Morgan fingerprint density at radius 2 is 1.81 bits per heavy atom. The highest BCUT2D eigenvalue weighted by Gasteiger charge is 2.36. The summed E-state index contributed by atoms with van der Waals surface area (Å²) in [5.74, 6) is 1.99. The lowest BCUT2D eigenvalue weighted by molar-refractivity contribution is 0.113. The molecule has 0 aliphatic heterocycles. The second-order valence-corrected chi connectivity index (χ2v) is 10.1. The maximum atomic E-state index is 15.5. The molecule has 2 fully saturated rings. The van der Waals surface area contributed by atoms with Gasteiger partial charge in [0, 0.05) is 0 Å². The molecule has 31 heavy (non-hydrogen) atoms. The van der Waals surface area contributed by atoms with Crippen LogP contribution in [0.2, 0.25) is 0 Å². The Labute approximate surface area is 187 Å². The molecule has 0 aromatic heterocycles. The molecule has 2 aromatic rings. The summed E-state index contributed by atoms with van der Waals surface area (Å²) in [5, 5.41) is 0.888. The molecule has 2 aliphatic rings. The number of allylic oxidation sites excluding steroid dienone is 2. The lowest BCUT2D eigenvalue weighted by Crippen LogP contribution is -2.30. The van der Waals surface area contributed by atoms with Crippen molar-refractivity contribution in [3.05, 3.63) is 59.2 Å². The third kappa shape index (κ3) is 5.04. The molecule has 0 saturated heterocycles. The zero-order chi connectivity index (χ0) is 21.8. The van der Waals surface area contributed by atoms with Gasteiger partial charge in [-0.2, -0.15) is 0 Å². The number of aryl methyl sites for hydroxylation is 1.